The van der Waals surface area contributed by atoms with Crippen molar-refractivity contribution in [1.82, 2.24) is 15.2 Å². The van der Waals surface area contributed by atoms with Crippen LogP contribution >= 0.6 is 11.6 Å². The Morgan fingerprint density at radius 2 is 1.91 bits per heavy atom. The minimum Gasteiger partial charge on any atom is -0.351 e. The molecule has 1 aromatic heterocycles. The summed E-state index contributed by atoms with van der Waals surface area (Å²) in [7, 11) is 0. The number of nitrogens with zero attached hydrogens (tertiary/aromatic N) is 1. The summed E-state index contributed by atoms with van der Waals surface area (Å²) in [4.78, 5) is 17.7. The molecule has 1 aromatic carbocycles. The smallest absolute Gasteiger partial charge is 0.267 e. The number of H-pyrrole nitrogens is 1. The second-order valence-corrected chi connectivity index (χ2v) is 6.53. The second kappa shape index (κ2) is 7.16. The molecule has 0 saturated heterocycles. The third-order valence-corrected chi connectivity index (χ3v) is 4.04. The first kappa shape index (κ1) is 16.8. The number of hydrogen-bond acceptors (Lipinski definition) is 2. The SMILES string of the molecule is CC(C)N(CCNC(=O)c1cc2cc(Cl)ccc2[nH]1)C(C)C. The van der Waals surface area contributed by atoms with Crippen LogP contribution in [0.1, 0.15) is 38.2 Å². The molecule has 2 rings (SSSR count). The number of aromatic nitrogens is 1. The van der Waals surface area contributed by atoms with E-state index in [0.717, 1.165) is 17.4 Å². The van der Waals surface area contributed by atoms with Crippen LogP contribution in [-0.4, -0.2) is 41.0 Å². The molecule has 1 heterocycles. The van der Waals surface area contributed by atoms with Crippen molar-refractivity contribution in [3.05, 3.63) is 35.0 Å². The van der Waals surface area contributed by atoms with E-state index in [1.807, 2.05) is 24.3 Å². The van der Waals surface area contributed by atoms with Crippen LogP contribution in [-0.2, 0) is 0 Å². The second-order valence-electron chi connectivity index (χ2n) is 6.10. The Labute approximate surface area is 136 Å². The van der Waals surface area contributed by atoms with Gasteiger partial charge in [0, 0.05) is 41.1 Å². The molecule has 4 nitrogen and oxygen atoms in total. The van der Waals surface area contributed by atoms with E-state index in [2.05, 4.69) is 42.9 Å². The minimum absolute atomic E-state index is 0.0835. The predicted octanol–water partition coefficient (Wildman–Crippen LogP) is 3.67. The summed E-state index contributed by atoms with van der Waals surface area (Å²) in [6.07, 6.45) is 0. The van der Waals surface area contributed by atoms with E-state index in [1.54, 1.807) is 0 Å². The zero-order chi connectivity index (χ0) is 16.3. The number of fused-ring (bicyclic) bond motifs is 1. The van der Waals surface area contributed by atoms with Crippen molar-refractivity contribution >= 4 is 28.4 Å². The molecule has 0 aliphatic heterocycles. The molecular formula is C17H24ClN3O. The molecule has 0 aliphatic carbocycles. The highest BCUT2D eigenvalue weighted by atomic mass is 35.5. The first-order valence-corrected chi connectivity index (χ1v) is 8.08. The van der Waals surface area contributed by atoms with E-state index in [-0.39, 0.29) is 5.91 Å². The molecule has 0 radical (unpaired) electrons. The number of hydrogen-bond donors (Lipinski definition) is 2. The highest BCUT2D eigenvalue weighted by molar-refractivity contribution is 6.31. The van der Waals surface area contributed by atoms with Crippen LogP contribution in [0.5, 0.6) is 0 Å². The van der Waals surface area contributed by atoms with Gasteiger partial charge in [-0.15, -0.1) is 0 Å². The molecule has 120 valence electrons. The average Bonchev–Trinajstić information content (AvgIpc) is 2.85. The summed E-state index contributed by atoms with van der Waals surface area (Å²) in [6, 6.07) is 8.31. The fourth-order valence-electron chi connectivity index (χ4n) is 2.73. The van der Waals surface area contributed by atoms with Gasteiger partial charge in [-0.25, -0.2) is 0 Å². The van der Waals surface area contributed by atoms with E-state index in [0.29, 0.717) is 29.3 Å². The maximum Gasteiger partial charge on any atom is 0.267 e. The zero-order valence-electron chi connectivity index (χ0n) is 13.6. The lowest BCUT2D eigenvalue weighted by atomic mass is 10.2. The molecular weight excluding hydrogens is 298 g/mol. The van der Waals surface area contributed by atoms with Crippen molar-refractivity contribution < 1.29 is 4.79 Å². The van der Waals surface area contributed by atoms with Crippen molar-refractivity contribution in [2.24, 2.45) is 0 Å². The molecule has 0 fully saturated rings. The van der Waals surface area contributed by atoms with Crippen molar-refractivity contribution in [3.8, 4) is 0 Å². The third-order valence-electron chi connectivity index (χ3n) is 3.81. The highest BCUT2D eigenvalue weighted by Gasteiger charge is 2.14. The van der Waals surface area contributed by atoms with Crippen molar-refractivity contribution in [1.29, 1.82) is 0 Å². The van der Waals surface area contributed by atoms with Gasteiger partial charge >= 0.3 is 0 Å². The molecule has 22 heavy (non-hydrogen) atoms. The van der Waals surface area contributed by atoms with Gasteiger partial charge in [-0.1, -0.05) is 11.6 Å². The first-order valence-electron chi connectivity index (χ1n) is 7.70. The van der Waals surface area contributed by atoms with Gasteiger partial charge in [0.2, 0.25) is 0 Å². The summed E-state index contributed by atoms with van der Waals surface area (Å²) in [5.74, 6) is -0.0835. The van der Waals surface area contributed by atoms with E-state index in [9.17, 15) is 4.79 Å². The molecule has 2 N–H and O–H groups in total. The van der Waals surface area contributed by atoms with Crippen LogP contribution in [0.25, 0.3) is 10.9 Å². The number of carbonyl (C=O) groups excluding carboxylic acids is 1. The Morgan fingerprint density at radius 1 is 1.23 bits per heavy atom. The van der Waals surface area contributed by atoms with Gasteiger partial charge < -0.3 is 10.3 Å². The quantitative estimate of drug-likeness (QED) is 0.852. The van der Waals surface area contributed by atoms with E-state index < -0.39 is 0 Å². The zero-order valence-corrected chi connectivity index (χ0v) is 14.4. The lowest BCUT2D eigenvalue weighted by molar-refractivity contribution is 0.0935. The monoisotopic (exact) mass is 321 g/mol. The van der Waals surface area contributed by atoms with Crippen molar-refractivity contribution in [3.63, 3.8) is 0 Å². The lowest BCUT2D eigenvalue weighted by Crippen LogP contribution is -2.42. The first-order chi connectivity index (χ1) is 10.4. The topological polar surface area (TPSA) is 48.1 Å². The molecule has 5 heteroatoms. The number of carbonyl (C=O) groups is 1. The predicted molar refractivity (Wildman–Crippen MR) is 92.6 cm³/mol. The Balaban J connectivity index is 1.96. The van der Waals surface area contributed by atoms with Crippen molar-refractivity contribution in [2.45, 2.75) is 39.8 Å². The van der Waals surface area contributed by atoms with E-state index in [4.69, 9.17) is 11.6 Å². The Morgan fingerprint density at radius 3 is 2.55 bits per heavy atom. The maximum atomic E-state index is 12.2. The molecule has 0 bridgehead atoms. The number of rotatable bonds is 6. The molecule has 0 unspecified atom stereocenters. The number of benzene rings is 1. The highest BCUT2D eigenvalue weighted by Crippen LogP contribution is 2.20. The summed E-state index contributed by atoms with van der Waals surface area (Å²) in [5, 5.41) is 4.59. The van der Waals surface area contributed by atoms with Crippen LogP contribution in [0, 0.1) is 0 Å². The van der Waals surface area contributed by atoms with Gasteiger partial charge in [0.15, 0.2) is 0 Å². The molecule has 0 aliphatic rings. The molecule has 0 atom stereocenters. The van der Waals surface area contributed by atoms with Gasteiger partial charge in [-0.2, -0.15) is 0 Å². The normalized spacial score (nSPS) is 11.8. The Bertz CT molecular complexity index is 640. The van der Waals surface area contributed by atoms with Crippen LogP contribution in [0.4, 0.5) is 0 Å². The van der Waals surface area contributed by atoms with Crippen molar-refractivity contribution in [2.75, 3.05) is 13.1 Å². The Hall–Kier alpha value is -1.52. The van der Waals surface area contributed by atoms with Gasteiger partial charge in [-0.3, -0.25) is 9.69 Å². The number of halogens is 1. The minimum atomic E-state index is -0.0835. The molecule has 1 amide bonds. The van der Waals surface area contributed by atoms with Crippen LogP contribution in [0.3, 0.4) is 0 Å². The average molecular weight is 322 g/mol. The van der Waals surface area contributed by atoms with Crippen LogP contribution in [0.15, 0.2) is 24.3 Å². The fraction of sp³-hybridized carbons (Fsp3) is 0.471. The van der Waals surface area contributed by atoms with Gasteiger partial charge in [-0.05, 0) is 52.0 Å². The van der Waals surface area contributed by atoms with E-state index >= 15 is 0 Å². The molecule has 0 spiro atoms. The number of aromatic amines is 1. The van der Waals surface area contributed by atoms with Gasteiger partial charge in [0.1, 0.15) is 5.69 Å². The summed E-state index contributed by atoms with van der Waals surface area (Å²) in [6.45, 7) is 10.2. The molecule has 2 aromatic rings. The largest absolute Gasteiger partial charge is 0.351 e. The van der Waals surface area contributed by atoms with Crippen LogP contribution < -0.4 is 5.32 Å². The van der Waals surface area contributed by atoms with Gasteiger partial charge in [0.05, 0.1) is 0 Å². The van der Waals surface area contributed by atoms with Crippen LogP contribution in [0.2, 0.25) is 5.02 Å². The van der Waals surface area contributed by atoms with Gasteiger partial charge in [0.25, 0.3) is 5.91 Å². The summed E-state index contributed by atoms with van der Waals surface area (Å²) >= 11 is 5.97. The summed E-state index contributed by atoms with van der Waals surface area (Å²) in [5.41, 5.74) is 1.48. The Kier molecular flexibility index (Phi) is 5.48. The lowest BCUT2D eigenvalue weighted by Gasteiger charge is -2.30. The maximum absolute atomic E-state index is 12.2. The number of amides is 1. The summed E-state index contributed by atoms with van der Waals surface area (Å²) < 4.78 is 0. The number of nitrogens with one attached hydrogen (secondary N) is 2. The molecule has 0 saturated carbocycles. The third kappa shape index (κ3) is 4.02. The standard InChI is InChI=1S/C17H24ClN3O/c1-11(2)21(12(3)4)8-7-19-17(22)16-10-13-9-14(18)5-6-15(13)20-16/h5-6,9-12,20H,7-8H2,1-4H3,(H,19,22). The fourth-order valence-corrected chi connectivity index (χ4v) is 2.91. The van der Waals surface area contributed by atoms with E-state index in [1.165, 1.54) is 0 Å².